The fraction of sp³-hybridized carbons (Fsp3) is 0.0556. The largest absolute Gasteiger partial charge is 0.478 e. The molecule has 24 heavy (non-hydrogen) atoms. The monoisotopic (exact) mass is 332 g/mol. The number of benzene rings is 3. The van der Waals surface area contributed by atoms with Crippen molar-refractivity contribution < 1.29 is 27.8 Å². The van der Waals surface area contributed by atoms with E-state index >= 15 is 0 Å². The molecule has 122 valence electrons. The highest BCUT2D eigenvalue weighted by atomic mass is 19.4. The summed E-state index contributed by atoms with van der Waals surface area (Å²) in [6.45, 7) is 0. The quantitative estimate of drug-likeness (QED) is 0.703. The zero-order chi connectivity index (χ0) is 17.3. The zero-order valence-electron chi connectivity index (χ0n) is 12.2. The number of carboxylic acids is 1. The second kappa shape index (κ2) is 5.88. The Morgan fingerprint density at radius 3 is 2.29 bits per heavy atom. The van der Waals surface area contributed by atoms with Gasteiger partial charge in [0.25, 0.3) is 0 Å². The van der Waals surface area contributed by atoms with Crippen LogP contribution in [-0.2, 0) is 6.18 Å². The maximum absolute atomic E-state index is 12.6. The average molecular weight is 332 g/mol. The van der Waals surface area contributed by atoms with Crippen molar-refractivity contribution in [2.75, 3.05) is 0 Å². The third kappa shape index (κ3) is 3.17. The Balaban J connectivity index is 1.94. The van der Waals surface area contributed by atoms with Crippen molar-refractivity contribution in [1.29, 1.82) is 0 Å². The number of aromatic carboxylic acids is 1. The van der Waals surface area contributed by atoms with E-state index in [4.69, 9.17) is 9.84 Å². The first-order valence-corrected chi connectivity index (χ1v) is 6.96. The van der Waals surface area contributed by atoms with Crippen molar-refractivity contribution >= 4 is 16.7 Å². The lowest BCUT2D eigenvalue weighted by Crippen LogP contribution is -2.04. The molecular formula is C18H11F3O3. The summed E-state index contributed by atoms with van der Waals surface area (Å²) in [4.78, 5) is 11.0. The molecule has 6 heteroatoms. The van der Waals surface area contributed by atoms with Crippen molar-refractivity contribution in [2.24, 2.45) is 0 Å². The van der Waals surface area contributed by atoms with Crippen LogP contribution in [0.2, 0.25) is 0 Å². The van der Waals surface area contributed by atoms with Crippen LogP contribution in [0.3, 0.4) is 0 Å². The third-order valence-electron chi connectivity index (χ3n) is 3.50. The van der Waals surface area contributed by atoms with E-state index in [1.165, 1.54) is 24.3 Å². The molecule has 0 aliphatic heterocycles. The lowest BCUT2D eigenvalue weighted by atomic mass is 10.1. The van der Waals surface area contributed by atoms with Gasteiger partial charge in [-0.3, -0.25) is 0 Å². The fourth-order valence-electron chi connectivity index (χ4n) is 2.31. The van der Waals surface area contributed by atoms with Gasteiger partial charge >= 0.3 is 12.1 Å². The summed E-state index contributed by atoms with van der Waals surface area (Å²) in [6.07, 6.45) is -4.40. The number of carboxylic acid groups (broad SMARTS) is 1. The molecule has 0 atom stereocenters. The van der Waals surface area contributed by atoms with Crippen LogP contribution in [0.1, 0.15) is 15.9 Å². The first kappa shape index (κ1) is 15.9. The Bertz CT molecular complexity index is 900. The predicted molar refractivity (Wildman–Crippen MR) is 82.4 cm³/mol. The molecule has 0 unspecified atom stereocenters. The van der Waals surface area contributed by atoms with Crippen molar-refractivity contribution in [3.63, 3.8) is 0 Å². The summed E-state index contributed by atoms with van der Waals surface area (Å²) in [5.74, 6) is -0.340. The van der Waals surface area contributed by atoms with Gasteiger partial charge in [-0.25, -0.2) is 4.79 Å². The molecule has 0 bridgehead atoms. The number of hydrogen-bond donors (Lipinski definition) is 1. The molecule has 3 aromatic rings. The molecule has 0 fully saturated rings. The second-order valence-electron chi connectivity index (χ2n) is 5.12. The molecule has 0 aromatic heterocycles. The SMILES string of the molecule is O=C(O)c1ccc2c(Oc3ccc(C(F)(F)F)cc3)cccc2c1. The van der Waals surface area contributed by atoms with E-state index < -0.39 is 17.7 Å². The average Bonchev–Trinajstić information content (AvgIpc) is 2.54. The molecular weight excluding hydrogens is 321 g/mol. The van der Waals surface area contributed by atoms with Crippen LogP contribution in [0.4, 0.5) is 13.2 Å². The standard InChI is InChI=1S/C18H11F3O3/c19-18(20,21)13-5-7-14(8-6-13)24-16-3-1-2-11-10-12(17(22)23)4-9-15(11)16/h1-10H,(H,22,23). The molecule has 3 aromatic carbocycles. The van der Waals surface area contributed by atoms with E-state index in [0.717, 1.165) is 12.1 Å². The molecule has 0 amide bonds. The van der Waals surface area contributed by atoms with Gasteiger partial charge in [0.1, 0.15) is 11.5 Å². The van der Waals surface area contributed by atoms with Crippen LogP contribution in [0.5, 0.6) is 11.5 Å². The maximum Gasteiger partial charge on any atom is 0.416 e. The molecule has 3 nitrogen and oxygen atoms in total. The topological polar surface area (TPSA) is 46.5 Å². The summed E-state index contributed by atoms with van der Waals surface area (Å²) >= 11 is 0. The predicted octanol–water partition coefficient (Wildman–Crippen LogP) is 5.35. The number of carbonyl (C=O) groups is 1. The molecule has 3 rings (SSSR count). The van der Waals surface area contributed by atoms with Gasteiger partial charge in [0.2, 0.25) is 0 Å². The van der Waals surface area contributed by atoms with Crippen LogP contribution >= 0.6 is 0 Å². The number of hydrogen-bond acceptors (Lipinski definition) is 2. The van der Waals surface area contributed by atoms with E-state index in [-0.39, 0.29) is 11.3 Å². The maximum atomic E-state index is 12.6. The minimum atomic E-state index is -4.40. The van der Waals surface area contributed by atoms with Crippen LogP contribution in [0.25, 0.3) is 10.8 Å². The first-order chi connectivity index (χ1) is 11.3. The Morgan fingerprint density at radius 1 is 0.958 bits per heavy atom. The number of fused-ring (bicyclic) bond motifs is 1. The lowest BCUT2D eigenvalue weighted by molar-refractivity contribution is -0.137. The number of ether oxygens (including phenoxy) is 1. The molecule has 1 N–H and O–H groups in total. The molecule has 0 spiro atoms. The van der Waals surface area contributed by atoms with Gasteiger partial charge in [-0.15, -0.1) is 0 Å². The third-order valence-corrected chi connectivity index (χ3v) is 3.50. The van der Waals surface area contributed by atoms with Gasteiger partial charge in [-0.05, 0) is 53.9 Å². The van der Waals surface area contributed by atoms with Gasteiger partial charge in [0.05, 0.1) is 11.1 Å². The minimum Gasteiger partial charge on any atom is -0.478 e. The van der Waals surface area contributed by atoms with E-state index in [9.17, 15) is 18.0 Å². The number of halogens is 3. The Labute approximate surface area is 134 Å². The van der Waals surface area contributed by atoms with Gasteiger partial charge in [0.15, 0.2) is 0 Å². The van der Waals surface area contributed by atoms with Gasteiger partial charge < -0.3 is 9.84 Å². The highest BCUT2D eigenvalue weighted by Gasteiger charge is 2.30. The van der Waals surface area contributed by atoms with Gasteiger partial charge in [-0.2, -0.15) is 13.2 Å². The fourth-order valence-corrected chi connectivity index (χ4v) is 2.31. The Hall–Kier alpha value is -3.02. The lowest BCUT2D eigenvalue weighted by Gasteiger charge is -2.11. The molecule has 0 saturated carbocycles. The van der Waals surface area contributed by atoms with Crippen LogP contribution < -0.4 is 4.74 Å². The minimum absolute atomic E-state index is 0.147. The molecule has 0 radical (unpaired) electrons. The van der Waals surface area contributed by atoms with Gasteiger partial charge in [0, 0.05) is 5.39 Å². The molecule has 0 aliphatic rings. The van der Waals surface area contributed by atoms with Crippen molar-refractivity contribution in [1.82, 2.24) is 0 Å². The van der Waals surface area contributed by atoms with Gasteiger partial charge in [-0.1, -0.05) is 12.1 Å². The smallest absolute Gasteiger partial charge is 0.416 e. The Kier molecular flexibility index (Phi) is 3.89. The summed E-state index contributed by atoms with van der Waals surface area (Å²) < 4.78 is 43.4. The number of rotatable bonds is 3. The van der Waals surface area contributed by atoms with Crippen LogP contribution in [0, 0.1) is 0 Å². The molecule has 0 aliphatic carbocycles. The first-order valence-electron chi connectivity index (χ1n) is 6.96. The van der Waals surface area contributed by atoms with Crippen LogP contribution in [-0.4, -0.2) is 11.1 Å². The summed E-state index contributed by atoms with van der Waals surface area (Å²) in [5.41, 5.74) is -0.604. The Morgan fingerprint density at radius 2 is 1.67 bits per heavy atom. The molecule has 0 heterocycles. The normalized spacial score (nSPS) is 11.5. The zero-order valence-corrected chi connectivity index (χ0v) is 12.2. The van der Waals surface area contributed by atoms with E-state index in [1.54, 1.807) is 24.3 Å². The second-order valence-corrected chi connectivity index (χ2v) is 5.12. The highest BCUT2D eigenvalue weighted by molar-refractivity contribution is 5.96. The van der Waals surface area contributed by atoms with Crippen molar-refractivity contribution in [2.45, 2.75) is 6.18 Å². The summed E-state index contributed by atoms with van der Waals surface area (Å²) in [5, 5.41) is 10.4. The van der Waals surface area contributed by atoms with E-state index in [2.05, 4.69) is 0 Å². The highest BCUT2D eigenvalue weighted by Crippen LogP contribution is 2.33. The van der Waals surface area contributed by atoms with Crippen LogP contribution in [0.15, 0.2) is 60.7 Å². The van der Waals surface area contributed by atoms with E-state index in [1.807, 2.05) is 0 Å². The molecule has 0 saturated heterocycles. The number of alkyl halides is 3. The van der Waals surface area contributed by atoms with E-state index in [0.29, 0.717) is 16.5 Å². The summed E-state index contributed by atoms with van der Waals surface area (Å²) in [7, 11) is 0. The summed E-state index contributed by atoms with van der Waals surface area (Å²) in [6, 6.07) is 14.0. The van der Waals surface area contributed by atoms with Crippen molar-refractivity contribution in [3.8, 4) is 11.5 Å². The van der Waals surface area contributed by atoms with Crippen molar-refractivity contribution in [3.05, 3.63) is 71.8 Å².